The molecule has 3 rings (SSSR count). The number of hydrogen-bond donors (Lipinski definition) is 1. The molecule has 1 amide bonds. The lowest BCUT2D eigenvalue weighted by Gasteiger charge is -2.13. The summed E-state index contributed by atoms with van der Waals surface area (Å²) < 4.78 is 12.6. The first-order chi connectivity index (χ1) is 13.7. The Bertz CT molecular complexity index is 939. The van der Waals surface area contributed by atoms with Gasteiger partial charge in [0.15, 0.2) is 23.9 Å². The van der Waals surface area contributed by atoms with Gasteiger partial charge in [0.2, 0.25) is 0 Å². The van der Waals surface area contributed by atoms with Gasteiger partial charge in [0, 0.05) is 30.7 Å². The number of pyridine rings is 1. The zero-order valence-electron chi connectivity index (χ0n) is 15.7. The Kier molecular flexibility index (Phi) is 6.41. The number of hydrogen-bond acceptors (Lipinski definition) is 5. The molecule has 1 aromatic carbocycles. The number of rotatable bonds is 9. The van der Waals surface area contributed by atoms with Crippen molar-refractivity contribution in [3.8, 4) is 17.3 Å². The van der Waals surface area contributed by atoms with Gasteiger partial charge < -0.3 is 14.8 Å². The van der Waals surface area contributed by atoms with Crippen LogP contribution in [0.1, 0.15) is 11.1 Å². The van der Waals surface area contributed by atoms with E-state index in [9.17, 15) is 4.79 Å². The maximum absolute atomic E-state index is 12.2. The highest BCUT2D eigenvalue weighted by molar-refractivity contribution is 5.77. The molecule has 28 heavy (non-hydrogen) atoms. The molecule has 7 heteroatoms. The van der Waals surface area contributed by atoms with Crippen LogP contribution in [0.3, 0.4) is 0 Å². The van der Waals surface area contributed by atoms with Gasteiger partial charge in [-0.3, -0.25) is 4.79 Å². The predicted octanol–water partition coefficient (Wildman–Crippen LogP) is 2.70. The second kappa shape index (κ2) is 9.36. The van der Waals surface area contributed by atoms with Crippen LogP contribution in [-0.2, 0) is 17.8 Å². The fraction of sp³-hybridized carbons (Fsp3) is 0.190. The highest BCUT2D eigenvalue weighted by atomic mass is 16.5. The zero-order valence-corrected chi connectivity index (χ0v) is 15.7. The maximum atomic E-state index is 12.2. The van der Waals surface area contributed by atoms with Gasteiger partial charge in [0.1, 0.15) is 0 Å². The van der Waals surface area contributed by atoms with Crippen molar-refractivity contribution in [3.05, 3.63) is 78.8 Å². The monoisotopic (exact) mass is 378 g/mol. The Morgan fingerprint density at radius 3 is 2.89 bits per heavy atom. The molecule has 0 aliphatic rings. The van der Waals surface area contributed by atoms with E-state index in [-0.39, 0.29) is 12.5 Å². The third kappa shape index (κ3) is 4.76. The first kappa shape index (κ1) is 19.2. The van der Waals surface area contributed by atoms with Crippen LogP contribution in [-0.4, -0.2) is 34.4 Å². The van der Waals surface area contributed by atoms with Crippen LogP contribution < -0.4 is 14.8 Å². The minimum atomic E-state index is -0.243. The number of methoxy groups -OCH3 is 1. The lowest BCUT2D eigenvalue weighted by Crippen LogP contribution is -2.29. The van der Waals surface area contributed by atoms with E-state index < -0.39 is 0 Å². The summed E-state index contributed by atoms with van der Waals surface area (Å²) in [5, 5.41) is 7.03. The summed E-state index contributed by atoms with van der Waals surface area (Å²) in [5.41, 5.74) is 1.91. The van der Waals surface area contributed by atoms with Crippen LogP contribution in [0.25, 0.3) is 5.82 Å². The molecular formula is C21H22N4O3. The van der Waals surface area contributed by atoms with Crippen molar-refractivity contribution in [1.29, 1.82) is 0 Å². The van der Waals surface area contributed by atoms with Gasteiger partial charge in [0.25, 0.3) is 5.91 Å². The largest absolute Gasteiger partial charge is 0.493 e. The summed E-state index contributed by atoms with van der Waals surface area (Å²) in [4.78, 5) is 16.6. The summed E-state index contributed by atoms with van der Waals surface area (Å²) in [7, 11) is 1.57. The highest BCUT2D eigenvalue weighted by Gasteiger charge is 2.10. The second-order valence-electron chi connectivity index (χ2n) is 5.98. The molecule has 0 unspecified atom stereocenters. The third-order valence-electron chi connectivity index (χ3n) is 4.03. The number of aromatic nitrogens is 3. The second-order valence-corrected chi connectivity index (χ2v) is 5.98. The van der Waals surface area contributed by atoms with E-state index in [1.807, 2.05) is 36.4 Å². The van der Waals surface area contributed by atoms with Crippen molar-refractivity contribution in [1.82, 2.24) is 20.1 Å². The molecule has 144 valence electrons. The smallest absolute Gasteiger partial charge is 0.258 e. The van der Waals surface area contributed by atoms with Gasteiger partial charge in [0.05, 0.1) is 7.11 Å². The molecular weight excluding hydrogens is 356 g/mol. The van der Waals surface area contributed by atoms with Crippen molar-refractivity contribution >= 4 is 5.91 Å². The maximum Gasteiger partial charge on any atom is 0.258 e. The van der Waals surface area contributed by atoms with Crippen LogP contribution in [0.4, 0.5) is 0 Å². The molecule has 0 atom stereocenters. The number of carbonyl (C=O) groups excluding carboxylic acids is 1. The molecule has 0 aliphatic carbocycles. The Morgan fingerprint density at radius 1 is 1.25 bits per heavy atom. The molecule has 2 aromatic heterocycles. The van der Waals surface area contributed by atoms with Crippen LogP contribution in [0, 0.1) is 0 Å². The molecule has 0 fully saturated rings. The normalized spacial score (nSPS) is 10.3. The SMILES string of the molecule is C=CCc1ccc(OCC(=O)NCc2cccnc2-n2cccn2)c(OC)c1. The average Bonchev–Trinajstić information content (AvgIpc) is 3.26. The Hall–Kier alpha value is -3.61. The van der Waals surface area contributed by atoms with Crippen LogP contribution in [0.2, 0.25) is 0 Å². The van der Waals surface area contributed by atoms with E-state index in [4.69, 9.17) is 9.47 Å². The van der Waals surface area contributed by atoms with Crippen LogP contribution in [0.15, 0.2) is 67.6 Å². The summed E-state index contributed by atoms with van der Waals surface area (Å²) >= 11 is 0. The van der Waals surface area contributed by atoms with Crippen LogP contribution >= 0.6 is 0 Å². The first-order valence-electron chi connectivity index (χ1n) is 8.82. The molecule has 0 spiro atoms. The number of carbonyl (C=O) groups is 1. The van der Waals surface area contributed by atoms with Crippen LogP contribution in [0.5, 0.6) is 11.5 Å². The molecule has 2 heterocycles. The summed E-state index contributed by atoms with van der Waals surface area (Å²) in [5.74, 6) is 1.53. The topological polar surface area (TPSA) is 78.3 Å². The quantitative estimate of drug-likeness (QED) is 0.579. The molecule has 1 N–H and O–H groups in total. The van der Waals surface area contributed by atoms with E-state index in [0.29, 0.717) is 23.9 Å². The molecule has 0 radical (unpaired) electrons. The fourth-order valence-electron chi connectivity index (χ4n) is 2.68. The van der Waals surface area contributed by atoms with Crippen molar-refractivity contribution in [2.75, 3.05) is 13.7 Å². The molecule has 0 aliphatic heterocycles. The predicted molar refractivity (Wildman–Crippen MR) is 106 cm³/mol. The Labute approximate surface area is 163 Å². The fourth-order valence-corrected chi connectivity index (χ4v) is 2.68. The summed E-state index contributed by atoms with van der Waals surface area (Å²) in [6.45, 7) is 3.93. The van der Waals surface area contributed by atoms with E-state index in [1.54, 1.807) is 36.4 Å². The minimum absolute atomic E-state index is 0.117. The number of nitrogens with one attached hydrogen (secondary N) is 1. The standard InChI is InChI=1S/C21H22N4O3/c1-3-6-16-8-9-18(19(13-16)27-2)28-15-20(26)23-14-17-7-4-10-22-21(17)25-12-5-11-24-25/h3-5,7-13H,1,6,14-15H2,2H3,(H,23,26). The van der Waals surface area contributed by atoms with E-state index in [1.165, 1.54) is 0 Å². The zero-order chi connectivity index (χ0) is 19.8. The van der Waals surface area contributed by atoms with E-state index in [2.05, 4.69) is 22.0 Å². The number of ether oxygens (including phenoxy) is 2. The highest BCUT2D eigenvalue weighted by Crippen LogP contribution is 2.28. The number of allylic oxidation sites excluding steroid dienone is 1. The lowest BCUT2D eigenvalue weighted by molar-refractivity contribution is -0.123. The molecule has 7 nitrogen and oxygen atoms in total. The van der Waals surface area contributed by atoms with Gasteiger partial charge in [-0.2, -0.15) is 5.10 Å². The van der Waals surface area contributed by atoms with Crippen molar-refractivity contribution in [3.63, 3.8) is 0 Å². The first-order valence-corrected chi connectivity index (χ1v) is 8.82. The summed E-state index contributed by atoms with van der Waals surface area (Å²) in [6.07, 6.45) is 7.73. The van der Waals surface area contributed by atoms with Gasteiger partial charge in [-0.05, 0) is 36.2 Å². The van der Waals surface area contributed by atoms with Crippen molar-refractivity contribution in [2.45, 2.75) is 13.0 Å². The van der Waals surface area contributed by atoms with Gasteiger partial charge >= 0.3 is 0 Å². The summed E-state index contributed by atoms with van der Waals surface area (Å²) in [6, 6.07) is 11.1. The van der Waals surface area contributed by atoms with Crippen molar-refractivity contribution in [2.24, 2.45) is 0 Å². The number of benzene rings is 1. The minimum Gasteiger partial charge on any atom is -0.493 e. The molecule has 3 aromatic rings. The van der Waals surface area contributed by atoms with Gasteiger partial charge in [-0.25, -0.2) is 9.67 Å². The lowest BCUT2D eigenvalue weighted by atomic mass is 10.1. The number of nitrogens with zero attached hydrogens (tertiary/aromatic N) is 3. The average molecular weight is 378 g/mol. The van der Waals surface area contributed by atoms with Gasteiger partial charge in [-0.1, -0.05) is 18.2 Å². The molecule has 0 saturated heterocycles. The third-order valence-corrected chi connectivity index (χ3v) is 4.03. The Morgan fingerprint density at radius 2 is 2.14 bits per heavy atom. The van der Waals surface area contributed by atoms with Gasteiger partial charge in [-0.15, -0.1) is 6.58 Å². The van der Waals surface area contributed by atoms with Crippen molar-refractivity contribution < 1.29 is 14.3 Å². The van der Waals surface area contributed by atoms with E-state index >= 15 is 0 Å². The van der Waals surface area contributed by atoms with E-state index in [0.717, 1.165) is 17.5 Å². The molecule has 0 saturated carbocycles. The Balaban J connectivity index is 1.58. The molecule has 0 bridgehead atoms. The number of amides is 1.